The number of ketones is 1. The molecule has 1 aliphatic rings. The zero-order valence-electron chi connectivity index (χ0n) is 13.2. The monoisotopic (exact) mass is 355 g/mol. The average Bonchev–Trinajstić information content (AvgIpc) is 3.34. The van der Waals surface area contributed by atoms with Crippen molar-refractivity contribution in [3.05, 3.63) is 47.7 Å². The summed E-state index contributed by atoms with van der Waals surface area (Å²) < 4.78 is 10.6. The summed E-state index contributed by atoms with van der Waals surface area (Å²) in [5.74, 6) is 0.546. The third-order valence-corrected chi connectivity index (χ3v) is 4.77. The van der Waals surface area contributed by atoms with E-state index >= 15 is 0 Å². The van der Waals surface area contributed by atoms with Crippen LogP contribution < -0.4 is 5.32 Å². The Bertz CT molecular complexity index is 949. The third-order valence-electron chi connectivity index (χ3n) is 3.96. The van der Waals surface area contributed by atoms with Crippen LogP contribution in [0.25, 0.3) is 11.7 Å². The molecule has 0 aliphatic carbocycles. The first-order chi connectivity index (χ1) is 12.1. The number of furan rings is 1. The van der Waals surface area contributed by atoms with Crippen molar-refractivity contribution in [3.63, 3.8) is 0 Å². The quantitative estimate of drug-likeness (QED) is 0.553. The van der Waals surface area contributed by atoms with Crippen LogP contribution in [0.5, 0.6) is 0 Å². The number of fused-ring (bicyclic) bond motifs is 1. The number of aromatic nitrogens is 2. The van der Waals surface area contributed by atoms with Gasteiger partial charge in [0, 0.05) is 11.3 Å². The van der Waals surface area contributed by atoms with Gasteiger partial charge in [-0.3, -0.25) is 9.59 Å². The number of hydrogen-bond acceptors (Lipinski definition) is 7. The Kier molecular flexibility index (Phi) is 3.89. The first kappa shape index (κ1) is 15.6. The number of carbonyl (C=O) groups excluding carboxylic acids is 2. The molecular weight excluding hydrogens is 342 g/mol. The maximum atomic E-state index is 12.4. The zero-order chi connectivity index (χ0) is 17.4. The highest BCUT2D eigenvalue weighted by Gasteiger charge is 2.27. The summed E-state index contributed by atoms with van der Waals surface area (Å²) >= 11 is 1.16. The van der Waals surface area contributed by atoms with E-state index in [4.69, 9.17) is 8.83 Å². The van der Waals surface area contributed by atoms with Crippen molar-refractivity contribution in [1.82, 2.24) is 10.2 Å². The molecule has 1 N–H and O–H groups in total. The van der Waals surface area contributed by atoms with E-state index in [9.17, 15) is 9.59 Å². The molecule has 4 rings (SSSR count). The minimum Gasteiger partial charge on any atom is -0.459 e. The largest absolute Gasteiger partial charge is 0.459 e. The van der Waals surface area contributed by atoms with Crippen LogP contribution in [0.3, 0.4) is 0 Å². The van der Waals surface area contributed by atoms with Crippen LogP contribution in [0.4, 0.5) is 5.69 Å². The Balaban J connectivity index is 1.44. The number of anilines is 1. The summed E-state index contributed by atoms with van der Waals surface area (Å²) in [4.78, 5) is 24.1. The van der Waals surface area contributed by atoms with E-state index in [2.05, 4.69) is 15.5 Å². The molecule has 0 bridgehead atoms. The van der Waals surface area contributed by atoms with E-state index < -0.39 is 0 Å². The van der Waals surface area contributed by atoms with E-state index in [1.165, 1.54) is 6.26 Å². The van der Waals surface area contributed by atoms with Gasteiger partial charge in [0.2, 0.25) is 5.91 Å². The van der Waals surface area contributed by atoms with Crippen molar-refractivity contribution in [3.8, 4) is 11.7 Å². The summed E-state index contributed by atoms with van der Waals surface area (Å²) in [6.45, 7) is 1.82. The summed E-state index contributed by atoms with van der Waals surface area (Å²) in [5.41, 5.74) is 2.17. The number of benzene rings is 1. The summed E-state index contributed by atoms with van der Waals surface area (Å²) in [6.07, 6.45) is 1.52. The van der Waals surface area contributed by atoms with Crippen LogP contribution >= 0.6 is 11.8 Å². The molecule has 1 amide bonds. The number of Topliss-reactive ketones (excluding diaryl/α,β-unsaturated/α-hetero) is 1. The lowest BCUT2D eigenvalue weighted by Gasteiger charge is -2.04. The number of carbonyl (C=O) groups is 2. The fourth-order valence-corrected chi connectivity index (χ4v) is 3.23. The third kappa shape index (κ3) is 2.96. The highest BCUT2D eigenvalue weighted by molar-refractivity contribution is 7.99. The van der Waals surface area contributed by atoms with Gasteiger partial charge in [-0.25, -0.2) is 0 Å². The fourth-order valence-electron chi connectivity index (χ4n) is 2.57. The highest BCUT2D eigenvalue weighted by atomic mass is 32.2. The lowest BCUT2D eigenvalue weighted by atomic mass is 9.99. The van der Waals surface area contributed by atoms with Gasteiger partial charge in [-0.1, -0.05) is 11.8 Å². The number of amides is 1. The minimum absolute atomic E-state index is 0.0507. The predicted octanol–water partition coefficient (Wildman–Crippen LogP) is 3.36. The highest BCUT2D eigenvalue weighted by Crippen LogP contribution is 2.33. The van der Waals surface area contributed by atoms with Crippen molar-refractivity contribution in [2.24, 2.45) is 0 Å². The maximum Gasteiger partial charge on any atom is 0.284 e. The molecule has 0 saturated carbocycles. The van der Waals surface area contributed by atoms with Gasteiger partial charge in [-0.15, -0.1) is 10.2 Å². The van der Waals surface area contributed by atoms with Gasteiger partial charge in [-0.05, 0) is 42.8 Å². The van der Waals surface area contributed by atoms with E-state index in [1.807, 2.05) is 6.92 Å². The molecule has 1 aliphatic heterocycles. The second kappa shape index (κ2) is 6.21. The maximum absolute atomic E-state index is 12.4. The number of hydrogen-bond donors (Lipinski definition) is 1. The van der Waals surface area contributed by atoms with Gasteiger partial charge >= 0.3 is 0 Å². The Morgan fingerprint density at radius 1 is 1.32 bits per heavy atom. The van der Waals surface area contributed by atoms with E-state index in [0.29, 0.717) is 16.5 Å². The molecule has 0 saturated heterocycles. The normalized spacial score (nSPS) is 15.9. The lowest BCUT2D eigenvalue weighted by Crippen LogP contribution is -2.08. The van der Waals surface area contributed by atoms with Crippen molar-refractivity contribution in [2.45, 2.75) is 18.1 Å². The molecule has 2 aromatic heterocycles. The lowest BCUT2D eigenvalue weighted by molar-refractivity contribution is -0.116. The molecule has 1 atom stereocenters. The second-order valence-corrected chi connectivity index (χ2v) is 6.50. The van der Waals surface area contributed by atoms with Crippen LogP contribution in [0.1, 0.15) is 28.8 Å². The van der Waals surface area contributed by atoms with Gasteiger partial charge in [0.05, 0.1) is 17.9 Å². The second-order valence-electron chi connectivity index (χ2n) is 5.58. The molecule has 126 valence electrons. The Morgan fingerprint density at radius 2 is 2.20 bits per heavy atom. The van der Waals surface area contributed by atoms with Crippen LogP contribution in [-0.4, -0.2) is 27.6 Å². The Hall–Kier alpha value is -2.87. The molecule has 8 heteroatoms. The fraction of sp³-hybridized carbons (Fsp3) is 0.176. The smallest absolute Gasteiger partial charge is 0.284 e. The van der Waals surface area contributed by atoms with Crippen molar-refractivity contribution >= 4 is 29.1 Å². The van der Waals surface area contributed by atoms with Crippen LogP contribution in [0, 0.1) is 0 Å². The van der Waals surface area contributed by atoms with Crippen LogP contribution in [-0.2, 0) is 4.79 Å². The minimum atomic E-state index is -0.248. The van der Waals surface area contributed by atoms with Gasteiger partial charge < -0.3 is 14.2 Å². The molecule has 1 aromatic carbocycles. The molecule has 3 heterocycles. The van der Waals surface area contributed by atoms with Crippen LogP contribution in [0.15, 0.2) is 50.7 Å². The molecule has 3 aromatic rings. The standard InChI is InChI=1S/C17H13N3O4S/c1-9-11-7-10(4-5-12(11)18-15(9)22)13(21)8-25-17-20-19-16(24-17)14-3-2-6-23-14/h2-7,9H,8H2,1H3,(H,18,22)/t9-/m0/s1. The molecule has 7 nitrogen and oxygen atoms in total. The molecule has 0 fully saturated rings. The zero-order valence-corrected chi connectivity index (χ0v) is 14.0. The summed E-state index contributed by atoms with van der Waals surface area (Å²) in [6, 6.07) is 8.68. The Morgan fingerprint density at radius 3 is 3.00 bits per heavy atom. The van der Waals surface area contributed by atoms with E-state index in [0.717, 1.165) is 23.0 Å². The first-order valence-electron chi connectivity index (χ1n) is 7.60. The molecule has 0 spiro atoms. The number of nitrogens with zero attached hydrogens (tertiary/aromatic N) is 2. The number of thioether (sulfide) groups is 1. The van der Waals surface area contributed by atoms with Crippen molar-refractivity contribution < 1.29 is 18.4 Å². The number of nitrogens with one attached hydrogen (secondary N) is 1. The van der Waals surface area contributed by atoms with Gasteiger partial charge in [0.1, 0.15) is 0 Å². The van der Waals surface area contributed by atoms with Crippen molar-refractivity contribution in [2.75, 3.05) is 11.1 Å². The van der Waals surface area contributed by atoms with Crippen LogP contribution in [0.2, 0.25) is 0 Å². The predicted molar refractivity (Wildman–Crippen MR) is 90.5 cm³/mol. The number of rotatable bonds is 5. The van der Waals surface area contributed by atoms with E-state index in [1.54, 1.807) is 30.3 Å². The van der Waals surface area contributed by atoms with Crippen molar-refractivity contribution in [1.29, 1.82) is 0 Å². The molecular formula is C17H13N3O4S. The van der Waals surface area contributed by atoms with Gasteiger partial charge in [0.15, 0.2) is 11.5 Å². The van der Waals surface area contributed by atoms with Gasteiger partial charge in [-0.2, -0.15) is 0 Å². The summed E-state index contributed by atoms with van der Waals surface area (Å²) in [7, 11) is 0. The Labute approximate surface area is 146 Å². The molecule has 0 unspecified atom stereocenters. The summed E-state index contributed by atoms with van der Waals surface area (Å²) in [5, 5.41) is 10.9. The molecule has 25 heavy (non-hydrogen) atoms. The molecule has 0 radical (unpaired) electrons. The average molecular weight is 355 g/mol. The van der Waals surface area contributed by atoms with Gasteiger partial charge in [0.25, 0.3) is 11.1 Å². The van der Waals surface area contributed by atoms with E-state index in [-0.39, 0.29) is 29.3 Å². The first-order valence-corrected chi connectivity index (χ1v) is 8.58. The SMILES string of the molecule is C[C@@H]1C(=O)Nc2ccc(C(=O)CSc3nnc(-c4ccco4)o3)cc21. The topological polar surface area (TPSA) is 98.2 Å².